The van der Waals surface area contributed by atoms with Gasteiger partial charge in [-0.1, -0.05) is 67.9 Å². The zero-order valence-corrected chi connectivity index (χ0v) is 21.4. The van der Waals surface area contributed by atoms with Gasteiger partial charge in [0.1, 0.15) is 11.1 Å². The van der Waals surface area contributed by atoms with E-state index in [0.717, 1.165) is 22.1 Å². The largest absolute Gasteiger partial charge is 0.319 e. The van der Waals surface area contributed by atoms with Crippen molar-refractivity contribution in [3.63, 3.8) is 0 Å². The van der Waals surface area contributed by atoms with Gasteiger partial charge in [0.25, 0.3) is 17.5 Å². The van der Waals surface area contributed by atoms with Gasteiger partial charge in [0.15, 0.2) is 0 Å². The number of hydrogen-bond acceptors (Lipinski definition) is 5. The van der Waals surface area contributed by atoms with Crippen molar-refractivity contribution in [1.29, 1.82) is 0 Å². The van der Waals surface area contributed by atoms with Crippen LogP contribution in [0.3, 0.4) is 0 Å². The molecule has 0 N–H and O–H groups in total. The molecule has 9 heteroatoms. The van der Waals surface area contributed by atoms with Gasteiger partial charge >= 0.3 is 0 Å². The Hall–Kier alpha value is -4.04. The summed E-state index contributed by atoms with van der Waals surface area (Å²) in [4.78, 5) is 53.8. The van der Waals surface area contributed by atoms with E-state index in [-0.39, 0.29) is 22.9 Å². The molecule has 0 radical (unpaired) electrons. The summed E-state index contributed by atoms with van der Waals surface area (Å²) < 4.78 is 0. The van der Waals surface area contributed by atoms with Crippen molar-refractivity contribution in [3.05, 3.63) is 105 Å². The Bertz CT molecular complexity index is 1360. The smallest absolute Gasteiger partial charge is 0.288 e. The fraction of sp³-hybridized carbons (Fsp3) is 0.250. The van der Waals surface area contributed by atoms with Crippen LogP contribution in [-0.2, 0) is 9.59 Å². The number of nitro groups is 1. The second kappa shape index (κ2) is 10.5. The highest BCUT2D eigenvalue weighted by atomic mass is 35.5. The quantitative estimate of drug-likeness (QED) is 0.219. The first-order valence-electron chi connectivity index (χ1n) is 11.9. The monoisotopic (exact) mass is 519 g/mol. The van der Waals surface area contributed by atoms with Crippen LogP contribution >= 0.6 is 11.6 Å². The number of carbonyl (C=O) groups excluding carboxylic acids is 3. The number of halogens is 1. The van der Waals surface area contributed by atoms with E-state index >= 15 is 0 Å². The summed E-state index contributed by atoms with van der Waals surface area (Å²) in [6, 6.07) is 18.3. The number of imide groups is 1. The molecule has 0 aliphatic carbocycles. The molecule has 0 aromatic heterocycles. The number of rotatable bonds is 7. The minimum atomic E-state index is -1.09. The first kappa shape index (κ1) is 26.0. The second-order valence-electron chi connectivity index (χ2n) is 9.26. The topological polar surface area (TPSA) is 101 Å². The van der Waals surface area contributed by atoms with E-state index in [1.807, 2.05) is 56.3 Å². The SMILES string of the molecule is CC(C)c1ccc(N2C(=O)CC(N(C(=O)c3ccc(Cl)c([N+](=O)[O-])c3)C(C)c3ccccc3)C2=O)cc1. The summed E-state index contributed by atoms with van der Waals surface area (Å²) in [6.07, 6.45) is -0.205. The lowest BCUT2D eigenvalue weighted by Crippen LogP contribution is -2.46. The maximum absolute atomic E-state index is 13.8. The number of benzene rings is 3. The predicted molar refractivity (Wildman–Crippen MR) is 141 cm³/mol. The normalized spacial score (nSPS) is 16.2. The molecule has 1 aliphatic rings. The van der Waals surface area contributed by atoms with Crippen LogP contribution in [0.1, 0.15) is 60.6 Å². The standard InChI is InChI=1S/C28H26ClN3O5/c1-17(2)19-9-12-22(13-10-19)31-26(33)16-25(28(31)35)30(18(3)20-7-5-4-6-8-20)27(34)21-11-14-23(29)24(15-21)32(36)37/h4-15,17-18,25H,16H2,1-3H3. The molecule has 8 nitrogen and oxygen atoms in total. The van der Waals surface area contributed by atoms with Crippen molar-refractivity contribution in [3.8, 4) is 0 Å². The molecule has 3 aromatic rings. The molecule has 37 heavy (non-hydrogen) atoms. The molecule has 0 spiro atoms. The number of amides is 3. The van der Waals surface area contributed by atoms with Crippen LogP contribution in [0.5, 0.6) is 0 Å². The fourth-order valence-electron chi connectivity index (χ4n) is 4.53. The van der Waals surface area contributed by atoms with E-state index in [1.165, 1.54) is 17.0 Å². The molecule has 0 bridgehead atoms. The number of hydrogen-bond donors (Lipinski definition) is 0. The highest BCUT2D eigenvalue weighted by molar-refractivity contribution is 6.32. The number of nitro benzene ring substituents is 1. The lowest BCUT2D eigenvalue weighted by Gasteiger charge is -2.33. The minimum absolute atomic E-state index is 0.00105. The average molecular weight is 520 g/mol. The van der Waals surface area contributed by atoms with Gasteiger partial charge in [0.2, 0.25) is 5.91 Å². The molecule has 1 aliphatic heterocycles. The second-order valence-corrected chi connectivity index (χ2v) is 9.66. The Morgan fingerprint density at radius 1 is 1.00 bits per heavy atom. The van der Waals surface area contributed by atoms with Crippen molar-refractivity contribution in [2.24, 2.45) is 0 Å². The zero-order chi connectivity index (χ0) is 26.9. The molecule has 1 fully saturated rings. The molecule has 2 atom stereocenters. The summed E-state index contributed by atoms with van der Waals surface area (Å²) in [6.45, 7) is 5.86. The first-order chi connectivity index (χ1) is 17.6. The molecule has 190 valence electrons. The van der Waals surface area contributed by atoms with Gasteiger partial charge in [0.05, 0.1) is 23.1 Å². The Kier molecular flexibility index (Phi) is 7.40. The first-order valence-corrected chi connectivity index (χ1v) is 12.3. The van der Waals surface area contributed by atoms with E-state index in [1.54, 1.807) is 19.1 Å². The van der Waals surface area contributed by atoms with E-state index in [9.17, 15) is 24.5 Å². The zero-order valence-electron chi connectivity index (χ0n) is 20.6. The van der Waals surface area contributed by atoms with Crippen molar-refractivity contribution >= 4 is 40.7 Å². The number of nitrogens with zero attached hydrogens (tertiary/aromatic N) is 3. The molecule has 1 heterocycles. The van der Waals surface area contributed by atoms with Crippen molar-refractivity contribution in [1.82, 2.24) is 4.90 Å². The van der Waals surface area contributed by atoms with E-state index in [0.29, 0.717) is 5.69 Å². The average Bonchev–Trinajstić information content (AvgIpc) is 3.17. The van der Waals surface area contributed by atoms with E-state index < -0.39 is 40.4 Å². The summed E-state index contributed by atoms with van der Waals surface area (Å²) in [5, 5.41) is 11.3. The van der Waals surface area contributed by atoms with Gasteiger partial charge < -0.3 is 4.90 Å². The van der Waals surface area contributed by atoms with Crippen LogP contribution in [-0.4, -0.2) is 33.6 Å². The maximum Gasteiger partial charge on any atom is 0.288 e. The lowest BCUT2D eigenvalue weighted by atomic mass is 10.0. The van der Waals surface area contributed by atoms with Gasteiger partial charge in [-0.2, -0.15) is 0 Å². The van der Waals surface area contributed by atoms with Gasteiger partial charge in [-0.25, -0.2) is 4.90 Å². The molecule has 2 unspecified atom stereocenters. The summed E-state index contributed by atoms with van der Waals surface area (Å²) in [5.74, 6) is -1.27. The van der Waals surface area contributed by atoms with Crippen LogP contribution in [0.2, 0.25) is 5.02 Å². The van der Waals surface area contributed by atoms with Crippen LogP contribution in [0, 0.1) is 10.1 Å². The summed E-state index contributed by atoms with van der Waals surface area (Å²) in [7, 11) is 0. The molecule has 4 rings (SSSR count). The minimum Gasteiger partial charge on any atom is -0.319 e. The van der Waals surface area contributed by atoms with Gasteiger partial charge in [-0.15, -0.1) is 0 Å². The Labute approximate surface area is 219 Å². The van der Waals surface area contributed by atoms with Crippen LogP contribution in [0.15, 0.2) is 72.8 Å². The van der Waals surface area contributed by atoms with Crippen LogP contribution in [0.25, 0.3) is 0 Å². The van der Waals surface area contributed by atoms with Crippen molar-refractivity contribution in [2.45, 2.75) is 45.2 Å². The van der Waals surface area contributed by atoms with Crippen LogP contribution < -0.4 is 4.90 Å². The molecular weight excluding hydrogens is 494 g/mol. The fourth-order valence-corrected chi connectivity index (χ4v) is 4.71. The van der Waals surface area contributed by atoms with Gasteiger partial charge in [-0.3, -0.25) is 24.5 Å². The third-order valence-corrected chi connectivity index (χ3v) is 6.92. The van der Waals surface area contributed by atoms with Crippen LogP contribution in [0.4, 0.5) is 11.4 Å². The molecule has 1 saturated heterocycles. The Balaban J connectivity index is 1.75. The van der Waals surface area contributed by atoms with E-state index in [4.69, 9.17) is 11.6 Å². The summed E-state index contributed by atoms with van der Waals surface area (Å²) in [5.41, 5.74) is 1.83. The third-order valence-electron chi connectivity index (χ3n) is 6.60. The van der Waals surface area contributed by atoms with E-state index in [2.05, 4.69) is 0 Å². The predicted octanol–water partition coefficient (Wildman–Crippen LogP) is 5.91. The molecule has 0 saturated carbocycles. The molecular formula is C28H26ClN3O5. The maximum atomic E-state index is 13.8. The highest BCUT2D eigenvalue weighted by Crippen LogP contribution is 2.34. The van der Waals surface area contributed by atoms with Crippen molar-refractivity contribution < 1.29 is 19.3 Å². The number of carbonyl (C=O) groups is 3. The Morgan fingerprint density at radius 3 is 2.24 bits per heavy atom. The highest BCUT2D eigenvalue weighted by Gasteiger charge is 2.46. The lowest BCUT2D eigenvalue weighted by molar-refractivity contribution is -0.384. The third kappa shape index (κ3) is 5.11. The molecule has 3 amide bonds. The Morgan fingerprint density at radius 2 is 1.65 bits per heavy atom. The van der Waals surface area contributed by atoms with Crippen molar-refractivity contribution in [2.75, 3.05) is 4.90 Å². The van der Waals surface area contributed by atoms with Gasteiger partial charge in [0, 0.05) is 11.6 Å². The molecule has 3 aromatic carbocycles. The summed E-state index contributed by atoms with van der Waals surface area (Å²) >= 11 is 5.95. The number of anilines is 1. The van der Waals surface area contributed by atoms with Gasteiger partial charge in [-0.05, 0) is 48.2 Å².